The third-order valence-corrected chi connectivity index (χ3v) is 7.31. The first kappa shape index (κ1) is 22.3. The molecule has 9 heteroatoms. The average Bonchev–Trinajstić information content (AvgIpc) is 2.72. The van der Waals surface area contributed by atoms with E-state index in [9.17, 15) is 26.4 Å². The Morgan fingerprint density at radius 2 is 1.67 bits per heavy atom. The van der Waals surface area contributed by atoms with Crippen molar-refractivity contribution >= 4 is 15.9 Å². The molecule has 1 N–H and O–H groups in total. The SMILES string of the molecule is Cc1ccccc1CNC(=O)C1CCN(S(=O)(=O)c2ccccc2C(F)(F)F)CC1. The quantitative estimate of drug-likeness (QED) is 0.771. The van der Waals surface area contributed by atoms with Crippen LogP contribution in [0.4, 0.5) is 13.2 Å². The molecule has 0 atom stereocenters. The van der Waals surface area contributed by atoms with Crippen molar-refractivity contribution in [2.24, 2.45) is 5.92 Å². The summed E-state index contributed by atoms with van der Waals surface area (Å²) in [5.74, 6) is -0.552. The molecule has 1 saturated heterocycles. The Bertz CT molecular complexity index is 1010. The van der Waals surface area contributed by atoms with Crippen LogP contribution in [-0.2, 0) is 27.5 Å². The van der Waals surface area contributed by atoms with Crippen molar-refractivity contribution in [2.75, 3.05) is 13.1 Å². The summed E-state index contributed by atoms with van der Waals surface area (Å²) in [6.45, 7) is 2.32. The molecule has 1 fully saturated rings. The maximum Gasteiger partial charge on any atom is 0.417 e. The Morgan fingerprint density at radius 3 is 2.30 bits per heavy atom. The van der Waals surface area contributed by atoms with Gasteiger partial charge in [-0.3, -0.25) is 4.79 Å². The minimum absolute atomic E-state index is 0.00300. The van der Waals surface area contributed by atoms with Crippen LogP contribution >= 0.6 is 0 Å². The third-order valence-electron chi connectivity index (χ3n) is 5.35. The third kappa shape index (κ3) is 4.84. The van der Waals surface area contributed by atoms with Gasteiger partial charge >= 0.3 is 6.18 Å². The molecule has 0 unspecified atom stereocenters. The monoisotopic (exact) mass is 440 g/mol. The summed E-state index contributed by atoms with van der Waals surface area (Å²) in [5, 5.41) is 2.87. The number of benzene rings is 2. The Labute approximate surface area is 173 Å². The minimum atomic E-state index is -4.77. The van der Waals surface area contributed by atoms with E-state index in [1.807, 2.05) is 31.2 Å². The normalized spacial score (nSPS) is 16.4. The van der Waals surface area contributed by atoms with Crippen molar-refractivity contribution in [3.8, 4) is 0 Å². The second-order valence-corrected chi connectivity index (χ2v) is 9.22. The second kappa shape index (κ2) is 8.77. The molecule has 0 bridgehead atoms. The first-order chi connectivity index (χ1) is 14.1. The van der Waals surface area contributed by atoms with E-state index in [2.05, 4.69) is 5.32 Å². The molecule has 5 nitrogen and oxygen atoms in total. The largest absolute Gasteiger partial charge is 0.417 e. The molecule has 1 heterocycles. The van der Waals surface area contributed by atoms with Crippen LogP contribution in [0.3, 0.4) is 0 Å². The first-order valence-corrected chi connectivity index (χ1v) is 11.0. The Kier molecular flexibility index (Phi) is 6.52. The standard InChI is InChI=1S/C21H23F3N2O3S/c1-15-6-2-3-7-17(15)14-25-20(27)16-10-12-26(13-11-16)30(28,29)19-9-5-4-8-18(19)21(22,23)24/h2-9,16H,10-14H2,1H3,(H,25,27). The van der Waals surface area contributed by atoms with Crippen LogP contribution in [0.1, 0.15) is 29.5 Å². The van der Waals surface area contributed by atoms with E-state index in [4.69, 9.17) is 0 Å². The highest BCUT2D eigenvalue weighted by atomic mass is 32.2. The number of hydrogen-bond donors (Lipinski definition) is 1. The van der Waals surface area contributed by atoms with Crippen molar-refractivity contribution in [1.29, 1.82) is 0 Å². The molecule has 0 spiro atoms. The van der Waals surface area contributed by atoms with Crippen LogP contribution in [0, 0.1) is 12.8 Å². The van der Waals surface area contributed by atoms with Crippen molar-refractivity contribution in [2.45, 2.75) is 37.4 Å². The molecule has 1 aliphatic heterocycles. The number of carbonyl (C=O) groups excluding carboxylic acids is 1. The molecule has 30 heavy (non-hydrogen) atoms. The summed E-state index contributed by atoms with van der Waals surface area (Å²) in [7, 11) is -4.30. The lowest BCUT2D eigenvalue weighted by Gasteiger charge is -2.31. The maximum atomic E-state index is 13.2. The van der Waals surface area contributed by atoms with E-state index in [0.717, 1.165) is 33.6 Å². The van der Waals surface area contributed by atoms with Crippen LogP contribution in [0.15, 0.2) is 53.4 Å². The molecule has 0 aromatic heterocycles. The summed E-state index contributed by atoms with van der Waals surface area (Å²) >= 11 is 0. The lowest BCUT2D eigenvalue weighted by atomic mass is 9.97. The number of sulfonamides is 1. The van der Waals surface area contributed by atoms with E-state index in [0.29, 0.717) is 6.54 Å². The van der Waals surface area contributed by atoms with Crippen molar-refractivity contribution in [1.82, 2.24) is 9.62 Å². The molecule has 0 saturated carbocycles. The molecular formula is C21H23F3N2O3S. The fourth-order valence-electron chi connectivity index (χ4n) is 3.56. The average molecular weight is 440 g/mol. The van der Waals surface area contributed by atoms with Crippen LogP contribution in [0.5, 0.6) is 0 Å². The lowest BCUT2D eigenvalue weighted by molar-refractivity contribution is -0.139. The number of nitrogens with zero attached hydrogens (tertiary/aromatic N) is 1. The number of piperidine rings is 1. The predicted octanol–water partition coefficient (Wildman–Crippen LogP) is 3.73. The topological polar surface area (TPSA) is 66.5 Å². The summed E-state index contributed by atoms with van der Waals surface area (Å²) in [4.78, 5) is 11.7. The van der Waals surface area contributed by atoms with Gasteiger partial charge in [-0.15, -0.1) is 0 Å². The molecule has 0 radical (unpaired) electrons. The van der Waals surface area contributed by atoms with Gasteiger partial charge in [0.05, 0.1) is 10.5 Å². The number of carbonyl (C=O) groups is 1. The van der Waals surface area contributed by atoms with Gasteiger partial charge in [0.25, 0.3) is 0 Å². The Hall–Kier alpha value is -2.39. The van der Waals surface area contributed by atoms with Gasteiger partial charge in [-0.2, -0.15) is 17.5 Å². The summed E-state index contributed by atoms with van der Waals surface area (Å²) in [5.41, 5.74) is 0.875. The van der Waals surface area contributed by atoms with Gasteiger partial charge in [-0.1, -0.05) is 36.4 Å². The minimum Gasteiger partial charge on any atom is -0.352 e. The van der Waals surface area contributed by atoms with Gasteiger partial charge in [0, 0.05) is 25.6 Å². The van der Waals surface area contributed by atoms with Crippen LogP contribution in [0.25, 0.3) is 0 Å². The maximum absolute atomic E-state index is 13.2. The number of halogens is 3. The molecule has 3 rings (SSSR count). The first-order valence-electron chi connectivity index (χ1n) is 9.59. The highest BCUT2D eigenvalue weighted by Crippen LogP contribution is 2.36. The zero-order chi connectivity index (χ0) is 21.9. The molecule has 162 valence electrons. The van der Waals surface area contributed by atoms with E-state index in [1.54, 1.807) is 0 Å². The number of alkyl halides is 3. The molecule has 0 aliphatic carbocycles. The summed E-state index contributed by atoms with van der Waals surface area (Å²) in [6.07, 6.45) is -4.25. The van der Waals surface area contributed by atoms with Gasteiger partial charge in [0.15, 0.2) is 0 Å². The highest BCUT2D eigenvalue weighted by molar-refractivity contribution is 7.89. The molecule has 2 aromatic carbocycles. The van der Waals surface area contributed by atoms with E-state index < -0.39 is 26.7 Å². The second-order valence-electron chi connectivity index (χ2n) is 7.32. The van der Waals surface area contributed by atoms with Gasteiger partial charge in [0.1, 0.15) is 0 Å². The van der Waals surface area contributed by atoms with Gasteiger partial charge in [-0.05, 0) is 43.0 Å². The predicted molar refractivity (Wildman–Crippen MR) is 106 cm³/mol. The van der Waals surface area contributed by atoms with Crippen LogP contribution in [0.2, 0.25) is 0 Å². The number of aryl methyl sites for hydroxylation is 1. The number of amides is 1. The van der Waals surface area contributed by atoms with Crippen LogP contribution < -0.4 is 5.32 Å². The zero-order valence-electron chi connectivity index (χ0n) is 16.4. The van der Waals surface area contributed by atoms with Crippen molar-refractivity contribution in [3.63, 3.8) is 0 Å². The molecule has 1 aliphatic rings. The summed E-state index contributed by atoms with van der Waals surface area (Å²) in [6, 6.07) is 11.8. The van der Waals surface area contributed by atoms with E-state index in [1.165, 1.54) is 6.07 Å². The fraction of sp³-hybridized carbons (Fsp3) is 0.381. The Morgan fingerprint density at radius 1 is 1.07 bits per heavy atom. The number of rotatable bonds is 5. The van der Waals surface area contributed by atoms with E-state index >= 15 is 0 Å². The fourth-order valence-corrected chi connectivity index (χ4v) is 5.24. The van der Waals surface area contributed by atoms with Crippen molar-refractivity contribution in [3.05, 3.63) is 65.2 Å². The van der Waals surface area contributed by atoms with Gasteiger partial charge in [-0.25, -0.2) is 8.42 Å². The van der Waals surface area contributed by atoms with Gasteiger partial charge < -0.3 is 5.32 Å². The summed E-state index contributed by atoms with van der Waals surface area (Å²) < 4.78 is 66.3. The molecule has 2 aromatic rings. The molecule has 1 amide bonds. The lowest BCUT2D eigenvalue weighted by Crippen LogP contribution is -2.43. The molecular weight excluding hydrogens is 417 g/mol. The van der Waals surface area contributed by atoms with Crippen molar-refractivity contribution < 1.29 is 26.4 Å². The van der Waals surface area contributed by atoms with Crippen LogP contribution in [-0.4, -0.2) is 31.7 Å². The Balaban J connectivity index is 1.64. The van der Waals surface area contributed by atoms with E-state index in [-0.39, 0.29) is 37.8 Å². The highest BCUT2D eigenvalue weighted by Gasteiger charge is 2.40. The van der Waals surface area contributed by atoms with Gasteiger partial charge in [0.2, 0.25) is 15.9 Å². The number of hydrogen-bond acceptors (Lipinski definition) is 3. The smallest absolute Gasteiger partial charge is 0.352 e. The zero-order valence-corrected chi connectivity index (χ0v) is 17.3. The number of nitrogens with one attached hydrogen (secondary N) is 1.